The van der Waals surface area contributed by atoms with Gasteiger partial charge in [0.1, 0.15) is 11.2 Å². The van der Waals surface area contributed by atoms with Crippen LogP contribution in [0.2, 0.25) is 5.15 Å². The lowest BCUT2D eigenvalue weighted by Crippen LogP contribution is -2.41. The lowest BCUT2D eigenvalue weighted by atomic mass is 10.0. The van der Waals surface area contributed by atoms with Crippen LogP contribution in [0.5, 0.6) is 0 Å². The van der Waals surface area contributed by atoms with E-state index in [-0.39, 0.29) is 18.5 Å². The second kappa shape index (κ2) is 13.0. The number of aliphatic carboxylic acids is 1. The SMILES string of the molecule is CC.Cc1nc(Cl)ccc1C1C[C@H]1CCN(C=O)C(CC(=C/N)/C=N/C(F)F)C(=O)O. The molecule has 1 aliphatic rings. The van der Waals surface area contributed by atoms with Crippen molar-refractivity contribution in [2.45, 2.75) is 58.5 Å². The molecule has 3 N–H and O–H groups in total. The quantitative estimate of drug-likeness (QED) is 0.225. The van der Waals surface area contributed by atoms with Crippen LogP contribution in [0.4, 0.5) is 8.78 Å². The first-order valence-corrected chi connectivity index (χ1v) is 10.4. The summed E-state index contributed by atoms with van der Waals surface area (Å²) in [6, 6.07) is 2.45. The Bertz CT molecular complexity index is 805. The topological polar surface area (TPSA) is 109 Å². The number of nitrogens with zero attached hydrogens (tertiary/aromatic N) is 3. The van der Waals surface area contributed by atoms with Gasteiger partial charge in [0.2, 0.25) is 6.41 Å². The standard InChI is InChI=1S/C19H23ClF2N4O3.C2H6/c1-11-14(2-3-17(20)25-11)15-7-13(15)4-5-26(10-27)16(18(28)29)6-12(8-23)9-24-19(21)22;1-2/h2-3,8-10,13,15-16,19H,4-7,23H2,1H3,(H,28,29);1-2H3/b12-8-,24-9+;/t13-,15?,16?;/m1./s1. The maximum absolute atomic E-state index is 12.2. The molecule has 1 aromatic rings. The molecule has 0 aliphatic heterocycles. The summed E-state index contributed by atoms with van der Waals surface area (Å²) in [5, 5.41) is 9.92. The molecule has 3 atom stereocenters. The number of pyridine rings is 1. The van der Waals surface area contributed by atoms with Crippen molar-refractivity contribution in [1.82, 2.24) is 9.88 Å². The van der Waals surface area contributed by atoms with Crippen LogP contribution in [-0.2, 0) is 9.59 Å². The van der Waals surface area contributed by atoms with E-state index in [4.69, 9.17) is 17.3 Å². The van der Waals surface area contributed by atoms with Crippen LogP contribution >= 0.6 is 11.6 Å². The molecule has 0 aromatic carbocycles. The Balaban J connectivity index is 0.00000233. The smallest absolute Gasteiger partial charge is 0.331 e. The van der Waals surface area contributed by atoms with E-state index in [2.05, 4.69) is 9.98 Å². The van der Waals surface area contributed by atoms with E-state index in [0.29, 0.717) is 29.8 Å². The molecular formula is C21H29ClF2N4O3. The monoisotopic (exact) mass is 458 g/mol. The molecule has 1 amide bonds. The van der Waals surface area contributed by atoms with Gasteiger partial charge in [-0.25, -0.2) is 14.8 Å². The van der Waals surface area contributed by atoms with Crippen LogP contribution < -0.4 is 5.73 Å². The molecule has 10 heteroatoms. The number of carboxylic acid groups (broad SMARTS) is 1. The van der Waals surface area contributed by atoms with Gasteiger partial charge in [-0.2, -0.15) is 8.78 Å². The molecule has 0 saturated heterocycles. The summed E-state index contributed by atoms with van der Waals surface area (Å²) in [7, 11) is 0. The highest BCUT2D eigenvalue weighted by atomic mass is 35.5. The lowest BCUT2D eigenvalue weighted by Gasteiger charge is -2.25. The van der Waals surface area contributed by atoms with Crippen molar-refractivity contribution >= 4 is 30.2 Å². The highest BCUT2D eigenvalue weighted by Crippen LogP contribution is 2.50. The highest BCUT2D eigenvalue weighted by molar-refractivity contribution is 6.29. The average molecular weight is 459 g/mol. The predicted octanol–water partition coefficient (Wildman–Crippen LogP) is 4.00. The number of hydrogen-bond donors (Lipinski definition) is 2. The second-order valence-electron chi connectivity index (χ2n) is 6.90. The molecule has 1 aromatic heterocycles. The molecule has 1 fully saturated rings. The fourth-order valence-electron chi connectivity index (χ4n) is 3.36. The Hall–Kier alpha value is -2.55. The lowest BCUT2D eigenvalue weighted by molar-refractivity contribution is -0.146. The van der Waals surface area contributed by atoms with Crippen molar-refractivity contribution in [3.63, 3.8) is 0 Å². The predicted molar refractivity (Wildman–Crippen MR) is 116 cm³/mol. The number of alkyl halides is 2. The van der Waals surface area contributed by atoms with Gasteiger partial charge in [-0.05, 0) is 55.0 Å². The number of rotatable bonds is 11. The largest absolute Gasteiger partial charge is 0.480 e. The number of nitrogens with two attached hydrogens (primary N) is 1. The van der Waals surface area contributed by atoms with E-state index >= 15 is 0 Å². The number of hydrogen-bond acceptors (Lipinski definition) is 5. The Labute approximate surface area is 186 Å². The van der Waals surface area contributed by atoms with Crippen molar-refractivity contribution in [3.8, 4) is 0 Å². The Kier molecular flexibility index (Phi) is 11.1. The summed E-state index contributed by atoms with van der Waals surface area (Å²) in [5.74, 6) is -0.639. The normalized spacial score (nSPS) is 19.0. The Morgan fingerprint density at radius 3 is 2.65 bits per heavy atom. The molecule has 31 heavy (non-hydrogen) atoms. The molecular weight excluding hydrogens is 430 g/mol. The molecule has 0 radical (unpaired) electrons. The summed E-state index contributed by atoms with van der Waals surface area (Å²) >= 11 is 5.88. The first-order chi connectivity index (χ1) is 14.8. The van der Waals surface area contributed by atoms with Gasteiger partial charge < -0.3 is 15.7 Å². The number of aliphatic imine (C=N–C) groups is 1. The maximum Gasteiger partial charge on any atom is 0.331 e. The molecule has 1 heterocycles. The molecule has 0 spiro atoms. The van der Waals surface area contributed by atoms with Crippen LogP contribution in [0.25, 0.3) is 0 Å². The molecule has 0 bridgehead atoms. The second-order valence-corrected chi connectivity index (χ2v) is 7.29. The third kappa shape index (κ3) is 8.24. The fourth-order valence-corrected chi connectivity index (χ4v) is 3.55. The number of amides is 1. The average Bonchev–Trinajstić information content (AvgIpc) is 3.50. The first-order valence-electron chi connectivity index (χ1n) is 10.1. The van der Waals surface area contributed by atoms with Crippen LogP contribution in [0.1, 0.15) is 50.3 Å². The van der Waals surface area contributed by atoms with Crippen molar-refractivity contribution in [1.29, 1.82) is 0 Å². The van der Waals surface area contributed by atoms with Gasteiger partial charge in [-0.3, -0.25) is 4.79 Å². The van der Waals surface area contributed by atoms with E-state index in [0.717, 1.165) is 35.0 Å². The van der Waals surface area contributed by atoms with E-state index in [9.17, 15) is 23.5 Å². The first kappa shape index (κ1) is 26.5. The number of carbonyl (C=O) groups excluding carboxylic acids is 1. The Morgan fingerprint density at radius 1 is 1.45 bits per heavy atom. The molecule has 172 valence electrons. The third-order valence-electron chi connectivity index (χ3n) is 4.99. The molecule has 2 rings (SSSR count). The molecule has 1 saturated carbocycles. The van der Waals surface area contributed by atoms with Gasteiger partial charge in [0.05, 0.1) is 0 Å². The number of aryl methyl sites for hydroxylation is 1. The minimum absolute atomic E-state index is 0.108. The van der Waals surface area contributed by atoms with Gasteiger partial charge in [0.25, 0.3) is 0 Å². The summed E-state index contributed by atoms with van der Waals surface area (Å²) < 4.78 is 24.5. The molecule has 2 unspecified atom stereocenters. The van der Waals surface area contributed by atoms with Gasteiger partial charge in [0.15, 0.2) is 0 Å². The van der Waals surface area contributed by atoms with Crippen molar-refractivity contribution in [2.24, 2.45) is 16.6 Å². The summed E-state index contributed by atoms with van der Waals surface area (Å²) in [4.78, 5) is 31.4. The summed E-state index contributed by atoms with van der Waals surface area (Å²) in [6.45, 7) is 3.19. The molecule has 7 nitrogen and oxygen atoms in total. The number of aromatic nitrogens is 1. The van der Waals surface area contributed by atoms with Gasteiger partial charge in [-0.1, -0.05) is 31.5 Å². The van der Waals surface area contributed by atoms with E-state index < -0.39 is 18.6 Å². The van der Waals surface area contributed by atoms with Gasteiger partial charge in [-0.15, -0.1) is 0 Å². The van der Waals surface area contributed by atoms with Crippen LogP contribution in [-0.4, -0.2) is 52.7 Å². The number of halogens is 3. The van der Waals surface area contributed by atoms with Gasteiger partial charge >= 0.3 is 12.5 Å². The van der Waals surface area contributed by atoms with Crippen molar-refractivity contribution in [3.05, 3.63) is 40.3 Å². The van der Waals surface area contributed by atoms with Gasteiger partial charge in [0, 0.05) is 24.9 Å². The zero-order valence-electron chi connectivity index (χ0n) is 17.8. The zero-order chi connectivity index (χ0) is 23.6. The van der Waals surface area contributed by atoms with Crippen LogP contribution in [0.15, 0.2) is 28.9 Å². The minimum Gasteiger partial charge on any atom is -0.480 e. The molecule has 1 aliphatic carbocycles. The Morgan fingerprint density at radius 2 is 2.13 bits per heavy atom. The third-order valence-corrected chi connectivity index (χ3v) is 5.20. The number of carbonyl (C=O) groups is 2. The minimum atomic E-state index is -2.92. The van der Waals surface area contributed by atoms with Crippen molar-refractivity contribution < 1.29 is 23.5 Å². The van der Waals surface area contributed by atoms with Crippen LogP contribution in [0, 0.1) is 12.8 Å². The summed E-state index contributed by atoms with van der Waals surface area (Å²) in [6.07, 6.45) is 3.62. The zero-order valence-corrected chi connectivity index (χ0v) is 18.6. The summed E-state index contributed by atoms with van der Waals surface area (Å²) in [5.41, 5.74) is 7.44. The van der Waals surface area contributed by atoms with E-state index in [1.54, 1.807) is 6.07 Å². The van der Waals surface area contributed by atoms with Crippen LogP contribution in [0.3, 0.4) is 0 Å². The van der Waals surface area contributed by atoms with E-state index in [1.807, 2.05) is 26.8 Å². The number of carboxylic acids is 1. The maximum atomic E-state index is 12.2. The fraction of sp³-hybridized carbons (Fsp3) is 0.524. The highest BCUT2D eigenvalue weighted by Gasteiger charge is 2.39. The van der Waals surface area contributed by atoms with E-state index in [1.165, 1.54) is 0 Å². The van der Waals surface area contributed by atoms with Crippen molar-refractivity contribution in [2.75, 3.05) is 6.54 Å².